The lowest BCUT2D eigenvalue weighted by Crippen LogP contribution is -2.26. The van der Waals surface area contributed by atoms with Crippen LogP contribution in [-0.4, -0.2) is 25.0 Å². The van der Waals surface area contributed by atoms with E-state index in [9.17, 15) is 9.59 Å². The van der Waals surface area contributed by atoms with Gasteiger partial charge in [-0.3, -0.25) is 4.79 Å². The molecule has 0 spiro atoms. The molecule has 4 heteroatoms. The van der Waals surface area contributed by atoms with Gasteiger partial charge in [0.25, 0.3) is 0 Å². The summed E-state index contributed by atoms with van der Waals surface area (Å²) in [5, 5.41) is 2.77. The molecular formula is C27H23NO3. The molecule has 0 unspecified atom stereocenters. The lowest BCUT2D eigenvalue weighted by Gasteiger charge is -2.14. The van der Waals surface area contributed by atoms with Gasteiger partial charge in [0.05, 0.1) is 0 Å². The normalized spacial score (nSPS) is 14.4. The predicted molar refractivity (Wildman–Crippen MR) is 121 cm³/mol. The molecule has 0 saturated heterocycles. The molecular weight excluding hydrogens is 386 g/mol. The first-order valence-corrected chi connectivity index (χ1v) is 10.6. The van der Waals surface area contributed by atoms with E-state index in [1.807, 2.05) is 54.6 Å². The first-order chi connectivity index (χ1) is 15.2. The summed E-state index contributed by atoms with van der Waals surface area (Å²) in [6.45, 7) is 0.665. The number of rotatable bonds is 5. The number of amides is 1. The molecule has 0 heterocycles. The molecule has 0 aromatic heterocycles. The van der Waals surface area contributed by atoms with Crippen molar-refractivity contribution >= 4 is 18.0 Å². The SMILES string of the molecule is O=C(NCC=Cc1ccc2c(c1)C(=O)CC2)OCC1c2ccccc2-c2ccccc21. The third kappa shape index (κ3) is 3.77. The molecule has 3 aromatic carbocycles. The highest BCUT2D eigenvalue weighted by molar-refractivity contribution is 6.00. The minimum Gasteiger partial charge on any atom is -0.449 e. The molecule has 0 atom stereocenters. The fraction of sp³-hybridized carbons (Fsp3) is 0.185. The van der Waals surface area contributed by atoms with E-state index in [1.165, 1.54) is 22.3 Å². The number of ether oxygens (including phenoxy) is 1. The first-order valence-electron chi connectivity index (χ1n) is 10.6. The number of nitrogens with one attached hydrogen (secondary N) is 1. The Morgan fingerprint density at radius 1 is 0.935 bits per heavy atom. The summed E-state index contributed by atoms with van der Waals surface area (Å²) in [4.78, 5) is 24.1. The van der Waals surface area contributed by atoms with Gasteiger partial charge in [0, 0.05) is 24.4 Å². The summed E-state index contributed by atoms with van der Waals surface area (Å²) in [5.74, 6) is 0.264. The topological polar surface area (TPSA) is 55.4 Å². The molecule has 0 bridgehead atoms. The van der Waals surface area contributed by atoms with Crippen LogP contribution >= 0.6 is 0 Å². The van der Waals surface area contributed by atoms with Gasteiger partial charge >= 0.3 is 6.09 Å². The smallest absolute Gasteiger partial charge is 0.407 e. The Kier molecular flexibility index (Phi) is 5.13. The largest absolute Gasteiger partial charge is 0.449 e. The predicted octanol–water partition coefficient (Wildman–Crippen LogP) is 5.37. The van der Waals surface area contributed by atoms with Gasteiger partial charge in [-0.15, -0.1) is 0 Å². The molecule has 1 amide bonds. The van der Waals surface area contributed by atoms with Crippen molar-refractivity contribution in [3.8, 4) is 11.1 Å². The van der Waals surface area contributed by atoms with Crippen molar-refractivity contribution in [1.82, 2.24) is 5.32 Å². The van der Waals surface area contributed by atoms with E-state index >= 15 is 0 Å². The first kappa shape index (κ1) is 19.3. The fourth-order valence-corrected chi connectivity index (χ4v) is 4.54. The Morgan fingerprint density at radius 2 is 1.65 bits per heavy atom. The van der Waals surface area contributed by atoms with E-state index in [0.717, 1.165) is 23.1 Å². The van der Waals surface area contributed by atoms with Gasteiger partial charge in [-0.25, -0.2) is 4.79 Å². The van der Waals surface area contributed by atoms with Crippen LogP contribution in [0.15, 0.2) is 72.8 Å². The van der Waals surface area contributed by atoms with Crippen molar-refractivity contribution in [3.05, 3.63) is 101 Å². The summed E-state index contributed by atoms with van der Waals surface area (Å²) in [7, 11) is 0. The van der Waals surface area contributed by atoms with Crippen molar-refractivity contribution in [2.45, 2.75) is 18.8 Å². The molecule has 3 aromatic rings. The van der Waals surface area contributed by atoms with E-state index in [1.54, 1.807) is 0 Å². The molecule has 2 aliphatic carbocycles. The van der Waals surface area contributed by atoms with Gasteiger partial charge < -0.3 is 10.1 Å². The van der Waals surface area contributed by atoms with Crippen molar-refractivity contribution in [3.63, 3.8) is 0 Å². The molecule has 154 valence electrons. The highest BCUT2D eigenvalue weighted by Crippen LogP contribution is 2.44. The summed E-state index contributed by atoms with van der Waals surface area (Å²) in [5.41, 5.74) is 7.73. The van der Waals surface area contributed by atoms with Crippen LogP contribution < -0.4 is 5.32 Å². The molecule has 0 saturated carbocycles. The van der Waals surface area contributed by atoms with E-state index in [4.69, 9.17) is 4.74 Å². The highest BCUT2D eigenvalue weighted by Gasteiger charge is 2.28. The second kappa shape index (κ2) is 8.23. The molecule has 0 radical (unpaired) electrons. The van der Waals surface area contributed by atoms with Crippen molar-refractivity contribution in [1.29, 1.82) is 0 Å². The average Bonchev–Trinajstić information content (AvgIpc) is 3.33. The zero-order valence-corrected chi connectivity index (χ0v) is 17.1. The van der Waals surface area contributed by atoms with Gasteiger partial charge in [-0.1, -0.05) is 72.8 Å². The number of fused-ring (bicyclic) bond motifs is 4. The van der Waals surface area contributed by atoms with Gasteiger partial charge in [-0.05, 0) is 45.9 Å². The minimum absolute atomic E-state index is 0.0534. The Balaban J connectivity index is 1.17. The van der Waals surface area contributed by atoms with Crippen LogP contribution in [0.5, 0.6) is 0 Å². The lowest BCUT2D eigenvalue weighted by atomic mass is 9.98. The maximum atomic E-state index is 12.2. The summed E-state index contributed by atoms with van der Waals surface area (Å²) in [6.07, 6.45) is 4.78. The number of carbonyl (C=O) groups excluding carboxylic acids is 2. The van der Waals surface area contributed by atoms with Crippen LogP contribution in [0.3, 0.4) is 0 Å². The maximum Gasteiger partial charge on any atom is 0.407 e. The second-order valence-electron chi connectivity index (χ2n) is 7.95. The Bertz CT molecular complexity index is 1150. The van der Waals surface area contributed by atoms with Gasteiger partial charge in [-0.2, -0.15) is 0 Å². The summed E-state index contributed by atoms with van der Waals surface area (Å²) in [6, 6.07) is 22.5. The van der Waals surface area contributed by atoms with Crippen LogP contribution in [0.4, 0.5) is 4.79 Å². The number of Topliss-reactive ketones (excluding diaryl/α,β-unsaturated/α-hetero) is 1. The standard InChI is InChI=1S/C27H23NO3/c29-26-14-13-19-12-11-18(16-24(19)26)6-5-15-28-27(30)31-17-25-22-9-3-1-7-20(22)21-8-2-4-10-23(21)25/h1-12,16,25H,13-15,17H2,(H,28,30). The fourth-order valence-electron chi connectivity index (χ4n) is 4.54. The molecule has 31 heavy (non-hydrogen) atoms. The number of hydrogen-bond acceptors (Lipinski definition) is 3. The van der Waals surface area contributed by atoms with Crippen LogP contribution in [0.2, 0.25) is 0 Å². The van der Waals surface area contributed by atoms with E-state index in [-0.39, 0.29) is 11.7 Å². The molecule has 1 N–H and O–H groups in total. The third-order valence-corrected chi connectivity index (χ3v) is 6.07. The Labute approximate surface area is 181 Å². The zero-order valence-electron chi connectivity index (χ0n) is 17.1. The van der Waals surface area contributed by atoms with Crippen LogP contribution in [-0.2, 0) is 11.2 Å². The Morgan fingerprint density at radius 3 is 2.39 bits per heavy atom. The molecule has 4 nitrogen and oxygen atoms in total. The quantitative estimate of drug-likeness (QED) is 0.617. The number of hydrogen-bond donors (Lipinski definition) is 1. The van der Waals surface area contributed by atoms with Crippen LogP contribution in [0.25, 0.3) is 17.2 Å². The zero-order chi connectivity index (χ0) is 21.2. The Hall–Kier alpha value is -3.66. The lowest BCUT2D eigenvalue weighted by molar-refractivity contribution is 0.0994. The highest BCUT2D eigenvalue weighted by atomic mass is 16.5. The van der Waals surface area contributed by atoms with Gasteiger partial charge in [0.15, 0.2) is 5.78 Å². The van der Waals surface area contributed by atoms with Crippen molar-refractivity contribution in [2.24, 2.45) is 0 Å². The average molecular weight is 409 g/mol. The van der Waals surface area contributed by atoms with Gasteiger partial charge in [0.1, 0.15) is 6.61 Å². The molecule has 0 fully saturated rings. The van der Waals surface area contributed by atoms with E-state index in [2.05, 4.69) is 29.6 Å². The van der Waals surface area contributed by atoms with Crippen LogP contribution in [0.1, 0.15) is 45.0 Å². The maximum absolute atomic E-state index is 12.2. The third-order valence-electron chi connectivity index (χ3n) is 6.07. The minimum atomic E-state index is -0.435. The number of alkyl carbamates (subject to hydrolysis) is 1. The van der Waals surface area contributed by atoms with Crippen LogP contribution in [0, 0.1) is 0 Å². The number of carbonyl (C=O) groups is 2. The van der Waals surface area contributed by atoms with E-state index in [0.29, 0.717) is 19.6 Å². The van der Waals surface area contributed by atoms with Crippen molar-refractivity contribution < 1.29 is 14.3 Å². The molecule has 5 rings (SSSR count). The number of ketones is 1. The molecule has 0 aliphatic heterocycles. The van der Waals surface area contributed by atoms with E-state index < -0.39 is 6.09 Å². The number of benzene rings is 3. The summed E-state index contributed by atoms with van der Waals surface area (Å²) < 4.78 is 5.54. The number of aryl methyl sites for hydroxylation is 1. The molecule has 2 aliphatic rings. The second-order valence-corrected chi connectivity index (χ2v) is 7.95. The van der Waals surface area contributed by atoms with Gasteiger partial charge in [0.2, 0.25) is 0 Å². The monoisotopic (exact) mass is 409 g/mol. The summed E-state index contributed by atoms with van der Waals surface area (Å²) >= 11 is 0. The van der Waals surface area contributed by atoms with Crippen molar-refractivity contribution in [2.75, 3.05) is 13.2 Å².